The summed E-state index contributed by atoms with van der Waals surface area (Å²) < 4.78 is 68.7. The molecule has 106 heavy (non-hydrogen) atoms. The first-order valence-corrected chi connectivity index (χ1v) is 44.8. The van der Waals surface area contributed by atoms with E-state index in [1.165, 1.54) is 51.4 Å². The van der Waals surface area contributed by atoms with Crippen LogP contribution in [0.3, 0.4) is 0 Å². The molecule has 0 amide bonds. The molecule has 0 spiro atoms. The van der Waals surface area contributed by atoms with Gasteiger partial charge in [0.25, 0.3) is 0 Å². The van der Waals surface area contributed by atoms with Crippen LogP contribution < -0.4 is 0 Å². The van der Waals surface area contributed by atoms with Crippen molar-refractivity contribution in [1.82, 2.24) is 0 Å². The highest BCUT2D eigenvalue weighted by atomic mass is 31.2. The molecule has 0 saturated heterocycles. The summed E-state index contributed by atoms with van der Waals surface area (Å²) in [5.74, 6) is -2.21. The standard InChI is InChI=1S/C87H150O17P2/c1-5-9-13-17-21-25-29-32-35-38-40-43-45-48-52-55-59-63-67-71-84(89)97-77-82(103-86(91)73-69-65-61-57-51-28-24-20-16-12-8-4)79-101-105(93,94)99-75-81(88)76-100-106(95,96)102-80-83(104-87(92)74-70-66-62-58-54-50-47-42-37-34-31-27-23-19-15-11-7-3)78-98-85(90)72-68-64-60-56-53-49-46-44-41-39-36-33-30-26-22-18-14-10-6-2/h11,15,20-27,32-37,40-41,43-44,81-83,88H,5-10,12-14,16-19,28-31,38-39,42,45-80H2,1-4H3,(H,93,94)(H,95,96)/b15-11-,24-20-,25-21-,26-22-,27-23-,35-32-,36-33-,37-34-,43-40-,44-41-. The van der Waals surface area contributed by atoms with Gasteiger partial charge in [-0.15, -0.1) is 0 Å². The fourth-order valence-corrected chi connectivity index (χ4v) is 12.6. The number of carbonyl (C=O) groups is 4. The molecular weight excluding hydrogens is 1380 g/mol. The van der Waals surface area contributed by atoms with Crippen molar-refractivity contribution in [1.29, 1.82) is 0 Å². The van der Waals surface area contributed by atoms with Gasteiger partial charge in [0, 0.05) is 25.7 Å². The van der Waals surface area contributed by atoms with Crippen molar-refractivity contribution in [2.45, 2.75) is 367 Å². The minimum atomic E-state index is -4.99. The van der Waals surface area contributed by atoms with Gasteiger partial charge in [-0.2, -0.15) is 0 Å². The highest BCUT2D eigenvalue weighted by molar-refractivity contribution is 7.47. The van der Waals surface area contributed by atoms with Crippen LogP contribution in [0, 0.1) is 0 Å². The smallest absolute Gasteiger partial charge is 0.462 e. The van der Waals surface area contributed by atoms with E-state index in [1.54, 1.807) is 0 Å². The Balaban J connectivity index is 5.35. The molecule has 19 heteroatoms. The van der Waals surface area contributed by atoms with Crippen molar-refractivity contribution >= 4 is 39.5 Å². The Bertz CT molecular complexity index is 2480. The van der Waals surface area contributed by atoms with Crippen molar-refractivity contribution in [3.8, 4) is 0 Å². The van der Waals surface area contributed by atoms with Crippen LogP contribution in [0.2, 0.25) is 0 Å². The van der Waals surface area contributed by atoms with E-state index in [1.807, 2.05) is 0 Å². The Labute approximate surface area is 644 Å². The Kier molecular flexibility index (Phi) is 75.2. The van der Waals surface area contributed by atoms with Crippen LogP contribution >= 0.6 is 15.6 Å². The third-order valence-corrected chi connectivity index (χ3v) is 19.3. The maximum absolute atomic E-state index is 13.1. The summed E-state index contributed by atoms with van der Waals surface area (Å²) in [4.78, 5) is 73.1. The fourth-order valence-electron chi connectivity index (χ4n) is 11.0. The molecular formula is C87H150O17P2. The Morgan fingerprint density at radius 2 is 0.500 bits per heavy atom. The largest absolute Gasteiger partial charge is 0.472 e. The zero-order chi connectivity index (χ0) is 77.4. The lowest BCUT2D eigenvalue weighted by Crippen LogP contribution is -2.30. The first kappa shape index (κ1) is 101. The van der Waals surface area contributed by atoms with Crippen LogP contribution in [-0.4, -0.2) is 96.7 Å². The first-order valence-electron chi connectivity index (χ1n) is 41.8. The van der Waals surface area contributed by atoms with Crippen molar-refractivity contribution in [3.63, 3.8) is 0 Å². The van der Waals surface area contributed by atoms with Crippen molar-refractivity contribution in [2.75, 3.05) is 39.6 Å². The molecule has 17 nitrogen and oxygen atoms in total. The number of aliphatic hydroxyl groups is 1. The second-order valence-corrected chi connectivity index (χ2v) is 30.6. The molecule has 3 N–H and O–H groups in total. The summed E-state index contributed by atoms with van der Waals surface area (Å²) in [5.41, 5.74) is 0. The van der Waals surface area contributed by atoms with Gasteiger partial charge in [0.15, 0.2) is 12.2 Å². The maximum Gasteiger partial charge on any atom is 0.472 e. The molecule has 5 unspecified atom stereocenters. The van der Waals surface area contributed by atoms with Crippen LogP contribution in [0.5, 0.6) is 0 Å². The lowest BCUT2D eigenvalue weighted by atomic mass is 10.1. The average molecular weight is 1530 g/mol. The summed E-state index contributed by atoms with van der Waals surface area (Å²) in [6.45, 7) is 4.66. The summed E-state index contributed by atoms with van der Waals surface area (Å²) in [5, 5.41) is 10.7. The van der Waals surface area contributed by atoms with Gasteiger partial charge >= 0.3 is 39.5 Å². The highest BCUT2D eigenvalue weighted by Crippen LogP contribution is 2.45. The Morgan fingerprint density at radius 1 is 0.274 bits per heavy atom. The molecule has 0 radical (unpaired) electrons. The minimum absolute atomic E-state index is 0.0787. The molecule has 0 rings (SSSR count). The Hall–Kier alpha value is -4.54. The number of carbonyl (C=O) groups excluding carboxylic acids is 4. The quantitative estimate of drug-likeness (QED) is 0.0169. The number of hydrogen-bond acceptors (Lipinski definition) is 15. The number of ether oxygens (including phenoxy) is 4. The van der Waals surface area contributed by atoms with Crippen LogP contribution in [0.15, 0.2) is 122 Å². The molecule has 0 aromatic rings. The van der Waals surface area contributed by atoms with Crippen molar-refractivity contribution in [2.24, 2.45) is 0 Å². The zero-order valence-corrected chi connectivity index (χ0v) is 68.6. The SMILES string of the molecule is CC/C=C\C/C=C\C/C=C\CCCCCCCCCC(=O)OC(COC(=O)CCCCCCCC/C=C\C/C=C\C/C=C\CCCCC)COP(=O)(O)OCC(O)COP(=O)(O)OCC(COC(=O)CCCCCCCC/C=C\C/C=C\C/C=C\CCCCC)OC(=O)CCCCCCC/C=C\CCCC. The van der Waals surface area contributed by atoms with Crippen LogP contribution in [-0.2, 0) is 65.4 Å². The molecule has 5 atom stereocenters. The molecule has 0 bridgehead atoms. The van der Waals surface area contributed by atoms with Crippen LogP contribution in [0.25, 0.3) is 0 Å². The lowest BCUT2D eigenvalue weighted by Gasteiger charge is -2.21. The number of esters is 4. The van der Waals surface area contributed by atoms with Crippen LogP contribution in [0.4, 0.5) is 0 Å². The van der Waals surface area contributed by atoms with E-state index in [9.17, 15) is 43.2 Å². The summed E-state index contributed by atoms with van der Waals surface area (Å²) in [6.07, 6.45) is 87.3. The predicted molar refractivity (Wildman–Crippen MR) is 436 cm³/mol. The highest BCUT2D eigenvalue weighted by Gasteiger charge is 2.30. The number of aliphatic hydroxyl groups excluding tert-OH is 1. The van der Waals surface area contributed by atoms with E-state index >= 15 is 0 Å². The van der Waals surface area contributed by atoms with Gasteiger partial charge in [-0.1, -0.05) is 290 Å². The number of rotatable bonds is 78. The average Bonchev–Trinajstić information content (AvgIpc) is 0.901. The van der Waals surface area contributed by atoms with Gasteiger partial charge in [0.1, 0.15) is 19.3 Å². The molecule has 610 valence electrons. The molecule has 0 aromatic heterocycles. The molecule has 0 heterocycles. The monoisotopic (exact) mass is 1530 g/mol. The van der Waals surface area contributed by atoms with Gasteiger partial charge in [-0.05, 0) is 154 Å². The molecule has 0 saturated carbocycles. The third-order valence-electron chi connectivity index (χ3n) is 17.4. The number of phosphoric acid groups is 2. The van der Waals surface area contributed by atoms with E-state index in [2.05, 4.69) is 149 Å². The van der Waals surface area contributed by atoms with Crippen molar-refractivity contribution in [3.05, 3.63) is 122 Å². The van der Waals surface area contributed by atoms with E-state index in [0.29, 0.717) is 25.7 Å². The Morgan fingerprint density at radius 3 is 0.792 bits per heavy atom. The van der Waals surface area contributed by atoms with E-state index < -0.39 is 97.5 Å². The summed E-state index contributed by atoms with van der Waals surface area (Å²) >= 11 is 0. The summed E-state index contributed by atoms with van der Waals surface area (Å²) in [6, 6.07) is 0. The van der Waals surface area contributed by atoms with Crippen LogP contribution in [0.1, 0.15) is 349 Å². The minimum Gasteiger partial charge on any atom is -0.462 e. The maximum atomic E-state index is 13.1. The predicted octanol–water partition coefficient (Wildman–Crippen LogP) is 24.7. The zero-order valence-electron chi connectivity index (χ0n) is 66.8. The second-order valence-electron chi connectivity index (χ2n) is 27.7. The first-order chi connectivity index (χ1) is 51.7. The number of unbranched alkanes of at least 4 members (excludes halogenated alkanes) is 32. The van der Waals surface area contributed by atoms with Gasteiger partial charge < -0.3 is 33.8 Å². The summed E-state index contributed by atoms with van der Waals surface area (Å²) in [7, 11) is -9.97. The van der Waals surface area contributed by atoms with Crippen molar-refractivity contribution < 1.29 is 80.2 Å². The molecule has 0 aliphatic rings. The van der Waals surface area contributed by atoms with Gasteiger partial charge in [0.2, 0.25) is 0 Å². The van der Waals surface area contributed by atoms with Gasteiger partial charge in [-0.25, -0.2) is 9.13 Å². The van der Waals surface area contributed by atoms with E-state index in [-0.39, 0.29) is 25.7 Å². The molecule has 0 aromatic carbocycles. The molecule has 0 aliphatic heterocycles. The second kappa shape index (κ2) is 78.6. The third kappa shape index (κ3) is 77.6. The van der Waals surface area contributed by atoms with E-state index in [4.69, 9.17) is 37.0 Å². The number of phosphoric ester groups is 2. The van der Waals surface area contributed by atoms with Gasteiger partial charge in [-0.3, -0.25) is 37.3 Å². The van der Waals surface area contributed by atoms with Gasteiger partial charge in [0.05, 0.1) is 26.4 Å². The normalized spacial score (nSPS) is 14.4. The van der Waals surface area contributed by atoms with E-state index in [0.717, 1.165) is 218 Å². The number of hydrogen-bond donors (Lipinski definition) is 3. The number of allylic oxidation sites excluding steroid dienone is 20. The fraction of sp³-hybridized carbons (Fsp3) is 0.724. The lowest BCUT2D eigenvalue weighted by molar-refractivity contribution is -0.161. The topological polar surface area (TPSA) is 237 Å². The molecule has 0 fully saturated rings. The molecule has 0 aliphatic carbocycles.